The molecule has 0 aliphatic rings. The van der Waals surface area contributed by atoms with Crippen LogP contribution in [0, 0.1) is 0 Å². The number of hydrogen-bond acceptors (Lipinski definition) is 1. The summed E-state index contributed by atoms with van der Waals surface area (Å²) in [6, 6.07) is 14.0. The van der Waals surface area contributed by atoms with Crippen molar-refractivity contribution in [3.8, 4) is 0 Å². The first-order valence-corrected chi connectivity index (χ1v) is 8.12. The van der Waals surface area contributed by atoms with Crippen molar-refractivity contribution in [2.45, 2.75) is 31.8 Å². The molecular weight excluding hydrogens is 335 g/mol. The number of rotatable bonds is 6. The van der Waals surface area contributed by atoms with Gasteiger partial charge in [0.1, 0.15) is 0 Å². The largest absolute Gasteiger partial charge is 0.416 e. The van der Waals surface area contributed by atoms with Crippen LogP contribution in [0.3, 0.4) is 0 Å². The van der Waals surface area contributed by atoms with Gasteiger partial charge in [0.05, 0.1) is 6.93 Å². The molecule has 0 saturated heterocycles. The fourth-order valence-corrected chi connectivity index (χ4v) is 2.75. The molecule has 1 N–H and O–H groups in total. The Kier molecular flexibility index (Phi) is 3.69. The highest BCUT2D eigenvalue weighted by molar-refractivity contribution is 5.86. The van der Waals surface area contributed by atoms with Gasteiger partial charge in [-0.25, -0.2) is 0 Å². The van der Waals surface area contributed by atoms with Crippen LogP contribution in [0.1, 0.15) is 44.2 Å². The van der Waals surface area contributed by atoms with E-state index < -0.39 is 37.5 Å². The van der Waals surface area contributed by atoms with E-state index in [1.54, 1.807) is 36.4 Å². The summed E-state index contributed by atoms with van der Waals surface area (Å²) in [6.45, 7) is -3.39. The molecule has 0 aliphatic carbocycles. The van der Waals surface area contributed by atoms with Crippen LogP contribution in [0.4, 0.5) is 13.2 Å². The molecule has 0 spiro atoms. The molecule has 1 nitrogen and oxygen atoms in total. The second-order valence-electron chi connectivity index (χ2n) is 5.88. The fraction of sp³-hybridized carbons (Fsp3) is 0.273. The van der Waals surface area contributed by atoms with Crippen LogP contribution < -0.4 is 5.32 Å². The third-order valence-electron chi connectivity index (χ3n) is 4.03. The van der Waals surface area contributed by atoms with Crippen LogP contribution in [0.25, 0.3) is 10.8 Å². The molecule has 0 radical (unpaired) electrons. The second-order valence-corrected chi connectivity index (χ2v) is 5.88. The molecule has 0 unspecified atom stereocenters. The van der Waals surface area contributed by atoms with Gasteiger partial charge in [-0.3, -0.25) is 0 Å². The molecule has 26 heavy (non-hydrogen) atoms. The van der Waals surface area contributed by atoms with E-state index in [1.165, 1.54) is 18.2 Å². The van der Waals surface area contributed by atoms with Gasteiger partial charge >= 0.3 is 6.18 Å². The first kappa shape index (κ1) is 12.1. The number of aryl methyl sites for hydroxylation is 1. The molecule has 136 valence electrons. The zero-order valence-corrected chi connectivity index (χ0v) is 13.9. The van der Waals surface area contributed by atoms with Crippen LogP contribution >= 0.6 is 0 Å². The molecule has 1 atom stereocenters. The van der Waals surface area contributed by atoms with E-state index in [0.29, 0.717) is 5.39 Å². The zero-order valence-electron chi connectivity index (χ0n) is 19.9. The van der Waals surface area contributed by atoms with Gasteiger partial charge in [0, 0.05) is 12.9 Å². The van der Waals surface area contributed by atoms with Gasteiger partial charge in [0.15, 0.2) is 0 Å². The van der Waals surface area contributed by atoms with Crippen LogP contribution in [0.2, 0.25) is 0 Å². The summed E-state index contributed by atoms with van der Waals surface area (Å²) in [7, 11) is 0. The van der Waals surface area contributed by atoms with Crippen LogP contribution in [0.15, 0.2) is 66.7 Å². The Hall–Kier alpha value is -2.33. The van der Waals surface area contributed by atoms with Crippen LogP contribution in [-0.2, 0) is 12.6 Å². The summed E-state index contributed by atoms with van der Waals surface area (Å²) in [6.07, 6.45) is -7.03. The Morgan fingerprint density at radius 3 is 2.65 bits per heavy atom. The lowest BCUT2D eigenvalue weighted by Crippen LogP contribution is -2.20. The standard InChI is InChI=1S/C22H22F3N/c1-16(20-13-5-10-18-9-2-3-12-21(18)20)26-14-6-8-17-7-4-11-19(15-17)22(23,24)25/h2-5,7,9-13,15-16,26H,6,8,14H2,1H3/t16-/m0/s1/i1D3,6D2,16D. The molecule has 0 fully saturated rings. The molecule has 0 saturated carbocycles. The minimum atomic E-state index is -4.55. The smallest absolute Gasteiger partial charge is 0.310 e. The van der Waals surface area contributed by atoms with Crippen molar-refractivity contribution in [1.82, 2.24) is 5.32 Å². The maximum Gasteiger partial charge on any atom is 0.416 e. The van der Waals surface area contributed by atoms with Crippen LogP contribution in [0.5, 0.6) is 0 Å². The van der Waals surface area contributed by atoms with Gasteiger partial charge < -0.3 is 5.32 Å². The molecule has 0 heterocycles. The van der Waals surface area contributed by atoms with E-state index in [1.807, 2.05) is 0 Å². The topological polar surface area (TPSA) is 12.0 Å². The molecule has 0 aliphatic heterocycles. The first-order valence-electron chi connectivity index (χ1n) is 11.1. The summed E-state index contributed by atoms with van der Waals surface area (Å²) < 4.78 is 88.0. The summed E-state index contributed by atoms with van der Waals surface area (Å²) in [5.74, 6) is 0. The highest BCUT2D eigenvalue weighted by atomic mass is 19.4. The van der Waals surface area contributed by atoms with E-state index in [-0.39, 0.29) is 17.5 Å². The first-order chi connectivity index (χ1) is 14.7. The number of nitrogens with one attached hydrogen (secondary N) is 1. The molecule has 0 bridgehead atoms. The zero-order chi connectivity index (χ0) is 23.8. The van der Waals surface area contributed by atoms with Gasteiger partial charge in [-0.15, -0.1) is 0 Å². The van der Waals surface area contributed by atoms with Crippen molar-refractivity contribution in [3.05, 3.63) is 83.4 Å². The minimum absolute atomic E-state index is 0.126. The van der Waals surface area contributed by atoms with Crippen molar-refractivity contribution in [3.63, 3.8) is 0 Å². The Morgan fingerprint density at radius 1 is 1.08 bits per heavy atom. The molecule has 4 heteroatoms. The summed E-state index contributed by atoms with van der Waals surface area (Å²) >= 11 is 0. The highest BCUT2D eigenvalue weighted by Gasteiger charge is 2.30. The third-order valence-corrected chi connectivity index (χ3v) is 4.03. The van der Waals surface area contributed by atoms with Crippen molar-refractivity contribution in [1.29, 1.82) is 0 Å². The third kappa shape index (κ3) is 4.44. The lowest BCUT2D eigenvalue weighted by molar-refractivity contribution is -0.137. The summed E-state index contributed by atoms with van der Waals surface area (Å²) in [5.41, 5.74) is -0.585. The molecule has 3 aromatic rings. The molecule has 3 rings (SSSR count). The van der Waals surface area contributed by atoms with Gasteiger partial charge in [-0.1, -0.05) is 60.7 Å². The number of hydrogen-bond donors (Lipinski definition) is 1. The van der Waals surface area contributed by atoms with Gasteiger partial charge in [0.2, 0.25) is 0 Å². The summed E-state index contributed by atoms with van der Waals surface area (Å²) in [5, 5.41) is 3.84. The maximum absolute atomic E-state index is 13.0. The van der Waals surface area contributed by atoms with Crippen molar-refractivity contribution < 1.29 is 21.4 Å². The van der Waals surface area contributed by atoms with Crippen molar-refractivity contribution in [2.24, 2.45) is 0 Å². The van der Waals surface area contributed by atoms with Gasteiger partial charge in [-0.2, -0.15) is 13.2 Å². The van der Waals surface area contributed by atoms with Crippen molar-refractivity contribution >= 4 is 10.8 Å². The van der Waals surface area contributed by atoms with E-state index in [0.717, 1.165) is 17.5 Å². The van der Waals surface area contributed by atoms with E-state index in [9.17, 15) is 13.2 Å². The van der Waals surface area contributed by atoms with Crippen molar-refractivity contribution in [2.75, 3.05) is 6.54 Å². The van der Waals surface area contributed by atoms with Crippen LogP contribution in [-0.4, -0.2) is 6.54 Å². The Morgan fingerprint density at radius 2 is 1.85 bits per heavy atom. The average molecular weight is 363 g/mol. The molecule has 0 aromatic heterocycles. The Labute approximate surface area is 160 Å². The minimum Gasteiger partial charge on any atom is -0.310 e. The fourth-order valence-electron chi connectivity index (χ4n) is 2.75. The van der Waals surface area contributed by atoms with E-state index >= 15 is 0 Å². The molecular formula is C22H22F3N. The summed E-state index contributed by atoms with van der Waals surface area (Å²) in [4.78, 5) is 0. The Balaban J connectivity index is 1.89. The molecule has 3 aromatic carbocycles. The van der Waals surface area contributed by atoms with Gasteiger partial charge in [-0.05, 0) is 54.2 Å². The Bertz CT molecular complexity index is 1090. The average Bonchev–Trinajstić information content (AvgIpc) is 2.70. The normalized spacial score (nSPS) is 18.7. The lowest BCUT2D eigenvalue weighted by atomic mass is 9.99. The quantitative estimate of drug-likeness (QED) is 0.554. The number of alkyl halides is 3. The maximum atomic E-state index is 13.0. The lowest BCUT2D eigenvalue weighted by Gasteiger charge is -2.17. The predicted octanol–water partition coefficient (Wildman–Crippen LogP) is 6.14. The van der Waals surface area contributed by atoms with E-state index in [2.05, 4.69) is 5.32 Å². The number of benzene rings is 3. The SMILES string of the molecule is [2H]C([2H])(CN[C@]([2H])(c1cccc2ccccc12)C([2H])([2H])[2H])Cc1cccc(C(F)(F)F)c1. The predicted molar refractivity (Wildman–Crippen MR) is 100 cm³/mol. The molecule has 0 amide bonds. The van der Waals surface area contributed by atoms with Gasteiger partial charge in [0.25, 0.3) is 0 Å². The second kappa shape index (κ2) is 7.92. The number of halogens is 3. The number of fused-ring (bicyclic) bond motifs is 1. The highest BCUT2D eigenvalue weighted by Crippen LogP contribution is 2.29. The monoisotopic (exact) mass is 363 g/mol. The van der Waals surface area contributed by atoms with E-state index in [4.69, 9.17) is 8.22 Å².